The van der Waals surface area contributed by atoms with Crippen molar-refractivity contribution in [2.75, 3.05) is 44.8 Å². The Balaban J connectivity index is 1.33. The van der Waals surface area contributed by atoms with Crippen molar-refractivity contribution >= 4 is 5.82 Å². The van der Waals surface area contributed by atoms with Crippen molar-refractivity contribution in [3.05, 3.63) is 23.9 Å². The highest BCUT2D eigenvalue weighted by atomic mass is 16.5. The van der Waals surface area contributed by atoms with E-state index in [2.05, 4.69) is 21.3 Å². The van der Waals surface area contributed by atoms with Gasteiger partial charge in [-0.1, -0.05) is 6.07 Å². The Morgan fingerprint density at radius 3 is 3.08 bits per heavy atom. The lowest BCUT2D eigenvalue weighted by molar-refractivity contribution is -0.0580. The summed E-state index contributed by atoms with van der Waals surface area (Å²) in [7, 11) is 0. The monoisotopic (exact) mass is 356 g/mol. The molecular formula is C20H28N4O2. The van der Waals surface area contributed by atoms with Crippen LogP contribution in [0.25, 0.3) is 0 Å². The maximum atomic E-state index is 9.01. The van der Waals surface area contributed by atoms with Crippen molar-refractivity contribution in [2.24, 2.45) is 5.92 Å². The molecule has 3 fully saturated rings. The van der Waals surface area contributed by atoms with Crippen LogP contribution in [0, 0.1) is 17.2 Å². The molecule has 0 saturated carbocycles. The highest BCUT2D eigenvalue weighted by molar-refractivity contribution is 5.39. The van der Waals surface area contributed by atoms with E-state index < -0.39 is 0 Å². The van der Waals surface area contributed by atoms with Crippen LogP contribution in [0.15, 0.2) is 18.2 Å². The van der Waals surface area contributed by atoms with Gasteiger partial charge in [-0.05, 0) is 50.3 Å². The molecule has 1 aromatic heterocycles. The third-order valence-corrected chi connectivity index (χ3v) is 5.90. The van der Waals surface area contributed by atoms with E-state index in [1.54, 1.807) is 6.07 Å². The fourth-order valence-corrected chi connectivity index (χ4v) is 4.65. The largest absolute Gasteiger partial charge is 0.381 e. The highest BCUT2D eigenvalue weighted by Crippen LogP contribution is 2.36. The van der Waals surface area contributed by atoms with Crippen LogP contribution < -0.4 is 5.32 Å². The third kappa shape index (κ3) is 4.17. The average molecular weight is 356 g/mol. The fourth-order valence-electron chi connectivity index (χ4n) is 4.65. The lowest BCUT2D eigenvalue weighted by Gasteiger charge is -2.41. The van der Waals surface area contributed by atoms with Crippen molar-refractivity contribution < 1.29 is 9.47 Å². The number of nitrogens with zero attached hydrogens (tertiary/aromatic N) is 3. The molecule has 6 heteroatoms. The van der Waals surface area contributed by atoms with Gasteiger partial charge in [-0.15, -0.1) is 0 Å². The molecule has 4 rings (SSSR count). The number of hydrogen-bond acceptors (Lipinski definition) is 6. The Morgan fingerprint density at radius 2 is 2.23 bits per heavy atom. The molecule has 3 aliphatic heterocycles. The minimum Gasteiger partial charge on any atom is -0.381 e. The number of hydrogen-bond donors (Lipinski definition) is 1. The number of piperidine rings is 1. The lowest BCUT2D eigenvalue weighted by atomic mass is 9.87. The average Bonchev–Trinajstić information content (AvgIpc) is 3.04. The molecule has 3 aliphatic rings. The molecule has 26 heavy (non-hydrogen) atoms. The minimum atomic E-state index is -0.0199. The molecule has 2 unspecified atom stereocenters. The van der Waals surface area contributed by atoms with Crippen LogP contribution in [0.4, 0.5) is 5.82 Å². The first-order chi connectivity index (χ1) is 12.7. The zero-order chi connectivity index (χ0) is 17.8. The Morgan fingerprint density at radius 1 is 1.35 bits per heavy atom. The first-order valence-corrected chi connectivity index (χ1v) is 9.82. The second-order valence-corrected chi connectivity index (χ2v) is 7.95. The van der Waals surface area contributed by atoms with Gasteiger partial charge in [0.05, 0.1) is 18.2 Å². The third-order valence-electron chi connectivity index (χ3n) is 5.90. The van der Waals surface area contributed by atoms with Gasteiger partial charge >= 0.3 is 0 Å². The Labute approximate surface area is 155 Å². The SMILES string of the molecule is N#Cc1cccc(NC2COC3(CCCN(CC4CCOCC4)C3)C2)n1. The van der Waals surface area contributed by atoms with Crippen LogP contribution in [0.2, 0.25) is 0 Å². The van der Waals surface area contributed by atoms with Gasteiger partial charge < -0.3 is 19.7 Å². The van der Waals surface area contributed by atoms with Crippen LogP contribution >= 0.6 is 0 Å². The number of anilines is 1. The Hall–Kier alpha value is -1.68. The molecule has 0 amide bonds. The number of ether oxygens (including phenoxy) is 2. The van der Waals surface area contributed by atoms with Gasteiger partial charge in [0, 0.05) is 32.7 Å². The van der Waals surface area contributed by atoms with Gasteiger partial charge in [0.25, 0.3) is 0 Å². The number of rotatable bonds is 4. The van der Waals surface area contributed by atoms with Gasteiger partial charge in [0.1, 0.15) is 17.6 Å². The molecule has 4 heterocycles. The maximum Gasteiger partial charge on any atom is 0.142 e. The molecule has 2 atom stereocenters. The summed E-state index contributed by atoms with van der Waals surface area (Å²) in [5.41, 5.74) is 0.428. The number of pyridine rings is 1. The molecular weight excluding hydrogens is 328 g/mol. The van der Waals surface area contributed by atoms with Crippen LogP contribution in [0.3, 0.4) is 0 Å². The molecule has 6 nitrogen and oxygen atoms in total. The van der Waals surface area contributed by atoms with Crippen LogP contribution in [0.1, 0.15) is 37.8 Å². The molecule has 0 radical (unpaired) electrons. The minimum absolute atomic E-state index is 0.0199. The standard InChI is InChI=1S/C20H28N4O2/c21-12-17-3-1-4-19(22-17)23-18-11-20(26-14-18)7-2-8-24(15-20)13-16-5-9-25-10-6-16/h1,3-4,16,18H,2,5-11,13-15H2,(H,22,23). The van der Waals surface area contributed by atoms with Crippen molar-refractivity contribution in [1.82, 2.24) is 9.88 Å². The van der Waals surface area contributed by atoms with Gasteiger partial charge in [-0.2, -0.15) is 5.26 Å². The van der Waals surface area contributed by atoms with Crippen LogP contribution in [0.5, 0.6) is 0 Å². The van der Waals surface area contributed by atoms with Gasteiger partial charge in [-0.25, -0.2) is 4.98 Å². The summed E-state index contributed by atoms with van der Waals surface area (Å²) in [5.74, 6) is 1.54. The van der Waals surface area contributed by atoms with Crippen LogP contribution in [-0.4, -0.2) is 61.0 Å². The Bertz CT molecular complexity index is 655. The van der Waals surface area contributed by atoms with E-state index in [0.717, 1.165) is 44.3 Å². The van der Waals surface area contributed by atoms with Crippen molar-refractivity contribution in [1.29, 1.82) is 5.26 Å². The van der Waals surface area contributed by atoms with Gasteiger partial charge in [0.15, 0.2) is 0 Å². The number of aromatic nitrogens is 1. The second kappa shape index (κ2) is 7.91. The molecule has 3 saturated heterocycles. The smallest absolute Gasteiger partial charge is 0.142 e. The zero-order valence-corrected chi connectivity index (χ0v) is 15.3. The van der Waals surface area contributed by atoms with E-state index in [4.69, 9.17) is 14.7 Å². The first-order valence-electron chi connectivity index (χ1n) is 9.82. The maximum absolute atomic E-state index is 9.01. The summed E-state index contributed by atoms with van der Waals surface area (Å²) in [4.78, 5) is 6.94. The van der Waals surface area contributed by atoms with Crippen molar-refractivity contribution in [3.8, 4) is 6.07 Å². The van der Waals surface area contributed by atoms with Crippen molar-refractivity contribution in [3.63, 3.8) is 0 Å². The quantitative estimate of drug-likeness (QED) is 0.893. The topological polar surface area (TPSA) is 70.4 Å². The zero-order valence-electron chi connectivity index (χ0n) is 15.3. The molecule has 0 aliphatic carbocycles. The molecule has 1 N–H and O–H groups in total. The summed E-state index contributed by atoms with van der Waals surface area (Å²) in [6.45, 7) is 5.95. The predicted molar refractivity (Wildman–Crippen MR) is 98.9 cm³/mol. The summed E-state index contributed by atoms with van der Waals surface area (Å²) in [6.07, 6.45) is 5.74. The number of nitrogens with one attached hydrogen (secondary N) is 1. The predicted octanol–water partition coefficient (Wildman–Crippen LogP) is 2.42. The van der Waals surface area contributed by atoms with Gasteiger partial charge in [-0.3, -0.25) is 0 Å². The van der Waals surface area contributed by atoms with Gasteiger partial charge in [0.2, 0.25) is 0 Å². The Kier molecular flexibility index (Phi) is 5.39. The fraction of sp³-hybridized carbons (Fsp3) is 0.700. The molecule has 140 valence electrons. The summed E-state index contributed by atoms with van der Waals surface area (Å²) < 4.78 is 11.8. The van der Waals surface area contributed by atoms with E-state index in [-0.39, 0.29) is 11.6 Å². The molecule has 1 aromatic rings. The normalized spacial score (nSPS) is 30.3. The number of likely N-dealkylation sites (tertiary alicyclic amines) is 1. The molecule has 0 bridgehead atoms. The second-order valence-electron chi connectivity index (χ2n) is 7.95. The van der Waals surface area contributed by atoms with E-state index in [9.17, 15) is 0 Å². The van der Waals surface area contributed by atoms with E-state index in [1.165, 1.54) is 32.4 Å². The summed E-state index contributed by atoms with van der Waals surface area (Å²) in [6, 6.07) is 7.88. The molecule has 1 spiro atoms. The highest BCUT2D eigenvalue weighted by Gasteiger charge is 2.43. The number of nitriles is 1. The summed E-state index contributed by atoms with van der Waals surface area (Å²) >= 11 is 0. The van der Waals surface area contributed by atoms with E-state index in [1.807, 2.05) is 12.1 Å². The summed E-state index contributed by atoms with van der Waals surface area (Å²) in [5, 5.41) is 12.5. The van der Waals surface area contributed by atoms with E-state index in [0.29, 0.717) is 12.3 Å². The lowest BCUT2D eigenvalue weighted by Crippen LogP contribution is -2.49. The van der Waals surface area contributed by atoms with E-state index >= 15 is 0 Å². The van der Waals surface area contributed by atoms with Crippen LogP contribution in [-0.2, 0) is 9.47 Å². The molecule has 0 aromatic carbocycles. The van der Waals surface area contributed by atoms with Crippen molar-refractivity contribution in [2.45, 2.75) is 43.7 Å². The first kappa shape index (κ1) is 17.7.